The zero-order valence-corrected chi connectivity index (χ0v) is 11.7. The molecule has 0 amide bonds. The average Bonchev–Trinajstić information content (AvgIpc) is 2.42. The van der Waals surface area contributed by atoms with E-state index in [4.69, 9.17) is 0 Å². The first kappa shape index (κ1) is 13.8. The monoisotopic (exact) mass is 257 g/mol. The molecule has 1 nitrogen and oxygen atoms in total. The van der Waals surface area contributed by atoms with Crippen molar-refractivity contribution in [3.63, 3.8) is 0 Å². The van der Waals surface area contributed by atoms with Crippen molar-refractivity contribution in [2.24, 2.45) is 0 Å². The highest BCUT2D eigenvalue weighted by Crippen LogP contribution is 2.23. The van der Waals surface area contributed by atoms with Gasteiger partial charge in [0.1, 0.15) is 5.82 Å². The molecule has 2 aromatic rings. The molecule has 0 aromatic heterocycles. The number of aryl methyl sites for hydroxylation is 2. The third kappa shape index (κ3) is 3.21. The van der Waals surface area contributed by atoms with Crippen LogP contribution >= 0.6 is 0 Å². The van der Waals surface area contributed by atoms with E-state index in [0.717, 1.165) is 12.0 Å². The summed E-state index contributed by atoms with van der Waals surface area (Å²) in [5, 5.41) is 3.21. The molecular weight excluding hydrogens is 237 g/mol. The zero-order chi connectivity index (χ0) is 13.8. The minimum Gasteiger partial charge on any atom is -0.313 e. The summed E-state index contributed by atoms with van der Waals surface area (Å²) in [6.45, 7) is 3.87. The van der Waals surface area contributed by atoms with Crippen molar-refractivity contribution in [2.45, 2.75) is 26.3 Å². The fraction of sp³-hybridized carbons (Fsp3) is 0.294. The highest BCUT2D eigenvalue weighted by atomic mass is 19.1. The zero-order valence-electron chi connectivity index (χ0n) is 11.7. The van der Waals surface area contributed by atoms with E-state index in [9.17, 15) is 4.39 Å². The second-order valence-electron chi connectivity index (χ2n) is 5.01. The Morgan fingerprint density at radius 3 is 2.37 bits per heavy atom. The minimum atomic E-state index is -0.103. The number of benzene rings is 2. The van der Waals surface area contributed by atoms with E-state index in [2.05, 4.69) is 36.5 Å². The molecule has 100 valence electrons. The van der Waals surface area contributed by atoms with Gasteiger partial charge in [-0.05, 0) is 38.4 Å². The Labute approximate surface area is 114 Å². The number of rotatable bonds is 4. The summed E-state index contributed by atoms with van der Waals surface area (Å²) in [4.78, 5) is 0. The number of nitrogens with one attached hydrogen (secondary N) is 1. The quantitative estimate of drug-likeness (QED) is 0.874. The van der Waals surface area contributed by atoms with E-state index < -0.39 is 0 Å². The van der Waals surface area contributed by atoms with E-state index in [-0.39, 0.29) is 11.9 Å². The van der Waals surface area contributed by atoms with Gasteiger partial charge in [-0.2, -0.15) is 0 Å². The predicted molar refractivity (Wildman–Crippen MR) is 77.8 cm³/mol. The molecular formula is C17H20FN. The van der Waals surface area contributed by atoms with Gasteiger partial charge in [0.15, 0.2) is 0 Å². The van der Waals surface area contributed by atoms with E-state index >= 15 is 0 Å². The molecule has 0 aliphatic rings. The standard InChI is InChI=1S/C17H20FN/c1-12-7-9-14(10-8-12)11-16(19-3)15-6-4-5-13(2)17(15)18/h4-10,16,19H,11H2,1-3H3. The van der Waals surface area contributed by atoms with Crippen molar-refractivity contribution < 1.29 is 4.39 Å². The Balaban J connectivity index is 2.25. The van der Waals surface area contributed by atoms with Crippen LogP contribution in [0.1, 0.15) is 28.3 Å². The van der Waals surface area contributed by atoms with Gasteiger partial charge in [-0.1, -0.05) is 48.0 Å². The third-order valence-corrected chi connectivity index (χ3v) is 3.51. The normalized spacial score (nSPS) is 12.4. The molecule has 0 saturated heterocycles. The van der Waals surface area contributed by atoms with Crippen LogP contribution in [-0.2, 0) is 6.42 Å². The highest BCUT2D eigenvalue weighted by molar-refractivity contribution is 5.30. The second-order valence-corrected chi connectivity index (χ2v) is 5.01. The molecule has 2 rings (SSSR count). The van der Waals surface area contributed by atoms with Gasteiger partial charge in [0.25, 0.3) is 0 Å². The fourth-order valence-electron chi connectivity index (χ4n) is 2.27. The Hall–Kier alpha value is -1.67. The summed E-state index contributed by atoms with van der Waals surface area (Å²) >= 11 is 0. The Kier molecular flexibility index (Phi) is 4.33. The van der Waals surface area contributed by atoms with Crippen LogP contribution in [0.25, 0.3) is 0 Å². The van der Waals surface area contributed by atoms with Gasteiger partial charge in [-0.25, -0.2) is 4.39 Å². The molecule has 19 heavy (non-hydrogen) atoms. The van der Waals surface area contributed by atoms with Crippen LogP contribution < -0.4 is 5.32 Å². The van der Waals surface area contributed by atoms with Gasteiger partial charge in [-0.15, -0.1) is 0 Å². The summed E-state index contributed by atoms with van der Waals surface area (Å²) < 4.78 is 14.2. The SMILES string of the molecule is CNC(Cc1ccc(C)cc1)c1cccc(C)c1F. The molecule has 0 aliphatic heterocycles. The molecule has 1 N–H and O–H groups in total. The smallest absolute Gasteiger partial charge is 0.130 e. The maximum Gasteiger partial charge on any atom is 0.130 e. The van der Waals surface area contributed by atoms with Crippen molar-refractivity contribution in [1.82, 2.24) is 5.32 Å². The van der Waals surface area contributed by atoms with Crippen molar-refractivity contribution >= 4 is 0 Å². The maximum atomic E-state index is 14.2. The third-order valence-electron chi connectivity index (χ3n) is 3.51. The van der Waals surface area contributed by atoms with E-state index in [0.29, 0.717) is 5.56 Å². The molecule has 0 heterocycles. The van der Waals surface area contributed by atoms with Crippen LogP contribution in [0.2, 0.25) is 0 Å². The van der Waals surface area contributed by atoms with Gasteiger partial charge >= 0.3 is 0 Å². The Morgan fingerprint density at radius 1 is 1.05 bits per heavy atom. The van der Waals surface area contributed by atoms with Crippen LogP contribution in [0.4, 0.5) is 4.39 Å². The Morgan fingerprint density at radius 2 is 1.74 bits per heavy atom. The molecule has 0 saturated carbocycles. The first-order chi connectivity index (χ1) is 9.11. The molecule has 1 atom stereocenters. The molecule has 0 bridgehead atoms. The molecule has 1 unspecified atom stereocenters. The van der Waals surface area contributed by atoms with Crippen molar-refractivity contribution in [3.05, 3.63) is 70.5 Å². The lowest BCUT2D eigenvalue weighted by atomic mass is 9.96. The molecule has 2 aromatic carbocycles. The first-order valence-corrected chi connectivity index (χ1v) is 6.59. The number of likely N-dealkylation sites (N-methyl/N-ethyl adjacent to an activating group) is 1. The highest BCUT2D eigenvalue weighted by Gasteiger charge is 2.15. The van der Waals surface area contributed by atoms with Crippen molar-refractivity contribution in [2.75, 3.05) is 7.05 Å². The summed E-state index contributed by atoms with van der Waals surface area (Å²) in [7, 11) is 1.88. The van der Waals surface area contributed by atoms with Crippen molar-refractivity contribution in [1.29, 1.82) is 0 Å². The van der Waals surface area contributed by atoms with Gasteiger partial charge in [0.05, 0.1) is 0 Å². The van der Waals surface area contributed by atoms with Crippen LogP contribution in [0.5, 0.6) is 0 Å². The van der Waals surface area contributed by atoms with Crippen LogP contribution in [0, 0.1) is 19.7 Å². The van der Waals surface area contributed by atoms with Crippen molar-refractivity contribution in [3.8, 4) is 0 Å². The summed E-state index contributed by atoms with van der Waals surface area (Å²) in [6, 6.07) is 14.0. The maximum absolute atomic E-state index is 14.2. The molecule has 0 fully saturated rings. The lowest BCUT2D eigenvalue weighted by Gasteiger charge is -2.18. The van der Waals surface area contributed by atoms with E-state index in [1.807, 2.05) is 19.2 Å². The number of halogens is 1. The van der Waals surface area contributed by atoms with Crippen LogP contribution in [0.3, 0.4) is 0 Å². The second kappa shape index (κ2) is 5.98. The topological polar surface area (TPSA) is 12.0 Å². The van der Waals surface area contributed by atoms with Gasteiger partial charge in [0.2, 0.25) is 0 Å². The van der Waals surface area contributed by atoms with Gasteiger partial charge in [0, 0.05) is 11.6 Å². The van der Waals surface area contributed by atoms with Crippen LogP contribution in [0.15, 0.2) is 42.5 Å². The molecule has 0 radical (unpaired) electrons. The lowest BCUT2D eigenvalue weighted by Crippen LogP contribution is -2.20. The largest absolute Gasteiger partial charge is 0.313 e. The minimum absolute atomic E-state index is 0.00241. The summed E-state index contributed by atoms with van der Waals surface area (Å²) in [6.07, 6.45) is 0.789. The summed E-state index contributed by atoms with van der Waals surface area (Å²) in [5.74, 6) is -0.103. The number of hydrogen-bond acceptors (Lipinski definition) is 1. The fourth-order valence-corrected chi connectivity index (χ4v) is 2.27. The molecule has 0 aliphatic carbocycles. The van der Waals surface area contributed by atoms with Crippen LogP contribution in [-0.4, -0.2) is 7.05 Å². The van der Waals surface area contributed by atoms with E-state index in [1.54, 1.807) is 13.0 Å². The molecule has 0 spiro atoms. The molecule has 2 heteroatoms. The van der Waals surface area contributed by atoms with E-state index in [1.165, 1.54) is 11.1 Å². The lowest BCUT2D eigenvalue weighted by molar-refractivity contribution is 0.529. The summed E-state index contributed by atoms with van der Waals surface area (Å²) in [5.41, 5.74) is 3.89. The Bertz CT molecular complexity index is 546. The van der Waals surface area contributed by atoms with Gasteiger partial charge in [-0.3, -0.25) is 0 Å². The predicted octanol–water partition coefficient (Wildman–Crippen LogP) is 3.95. The number of hydrogen-bond donors (Lipinski definition) is 1. The average molecular weight is 257 g/mol. The van der Waals surface area contributed by atoms with Gasteiger partial charge < -0.3 is 5.32 Å². The first-order valence-electron chi connectivity index (χ1n) is 6.59.